The molecule has 0 fully saturated rings. The molecule has 0 saturated carbocycles. The van der Waals surface area contributed by atoms with Crippen LogP contribution >= 0.6 is 0 Å². The minimum atomic E-state index is -0.155. The van der Waals surface area contributed by atoms with E-state index in [2.05, 4.69) is 22.1 Å². The zero-order valence-corrected chi connectivity index (χ0v) is 19.2. The summed E-state index contributed by atoms with van der Waals surface area (Å²) in [6.07, 6.45) is 9.43. The lowest BCUT2D eigenvalue weighted by Gasteiger charge is -1.95. The molecule has 6 heteroatoms. The van der Waals surface area contributed by atoms with Gasteiger partial charge < -0.3 is 0 Å². The molecule has 0 N–H and O–H groups in total. The molecule has 0 radical (unpaired) electrons. The molecule has 0 amide bonds. The SMILES string of the molecule is N#Cc1cccc(/C=C/C(=O)c2ccccn2)c1.N#Cc1cccc(/C=C/C(=O)c2ccccn2)c1. The summed E-state index contributed by atoms with van der Waals surface area (Å²) in [5, 5.41) is 17.5. The highest BCUT2D eigenvalue weighted by molar-refractivity contribution is 6.06. The molecule has 4 rings (SSSR count). The van der Waals surface area contributed by atoms with E-state index in [9.17, 15) is 9.59 Å². The fraction of sp³-hybridized carbons (Fsp3) is 0. The number of nitrogens with zero attached hydrogens (tertiary/aromatic N) is 4. The topological polar surface area (TPSA) is 107 Å². The monoisotopic (exact) mass is 468 g/mol. The summed E-state index contributed by atoms with van der Waals surface area (Å²) in [4.78, 5) is 31.5. The van der Waals surface area contributed by atoms with Crippen LogP contribution in [0.1, 0.15) is 43.2 Å². The van der Waals surface area contributed by atoms with Crippen LogP contribution in [0.25, 0.3) is 12.2 Å². The van der Waals surface area contributed by atoms with Gasteiger partial charge in [0.2, 0.25) is 11.6 Å². The number of nitriles is 2. The van der Waals surface area contributed by atoms with Crippen molar-refractivity contribution in [1.29, 1.82) is 10.5 Å². The average Bonchev–Trinajstić information content (AvgIpc) is 2.96. The average molecular weight is 469 g/mol. The van der Waals surface area contributed by atoms with Gasteiger partial charge in [0.05, 0.1) is 23.3 Å². The van der Waals surface area contributed by atoms with Crippen molar-refractivity contribution in [2.45, 2.75) is 0 Å². The quantitative estimate of drug-likeness (QED) is 0.265. The molecule has 0 aliphatic rings. The molecule has 0 aliphatic heterocycles. The Morgan fingerprint density at radius 1 is 0.611 bits per heavy atom. The van der Waals surface area contributed by atoms with E-state index in [4.69, 9.17) is 10.5 Å². The molecule has 6 nitrogen and oxygen atoms in total. The number of benzene rings is 2. The van der Waals surface area contributed by atoms with Crippen LogP contribution in [0.2, 0.25) is 0 Å². The first kappa shape index (κ1) is 25.2. The van der Waals surface area contributed by atoms with Gasteiger partial charge >= 0.3 is 0 Å². The van der Waals surface area contributed by atoms with Gasteiger partial charge in [-0.2, -0.15) is 10.5 Å². The summed E-state index contributed by atoms with van der Waals surface area (Å²) in [5.41, 5.74) is 3.59. The van der Waals surface area contributed by atoms with Crippen LogP contribution in [-0.2, 0) is 0 Å². The van der Waals surface area contributed by atoms with Crippen molar-refractivity contribution < 1.29 is 9.59 Å². The minimum absolute atomic E-state index is 0.155. The molecule has 0 saturated heterocycles. The molecule has 2 heterocycles. The van der Waals surface area contributed by atoms with E-state index in [-0.39, 0.29) is 11.6 Å². The number of allylic oxidation sites excluding steroid dienone is 2. The Labute approximate surface area is 209 Å². The standard InChI is InChI=1S/2C15H10N2O/c2*16-11-13-5-3-4-12(10-13)7-8-15(18)14-6-1-2-9-17-14/h2*1-10H/b2*8-7+. The van der Waals surface area contributed by atoms with Crippen LogP contribution in [0, 0.1) is 22.7 Å². The molecule has 0 spiro atoms. The van der Waals surface area contributed by atoms with E-state index in [0.717, 1.165) is 11.1 Å². The van der Waals surface area contributed by atoms with Gasteiger partial charge in [0, 0.05) is 12.4 Å². The van der Waals surface area contributed by atoms with Gasteiger partial charge in [-0.3, -0.25) is 19.6 Å². The molecule has 0 unspecified atom stereocenters. The van der Waals surface area contributed by atoms with Crippen molar-refractivity contribution in [3.63, 3.8) is 0 Å². The molecular weight excluding hydrogens is 448 g/mol. The number of carbonyl (C=O) groups excluding carboxylic acids is 2. The number of pyridine rings is 2. The van der Waals surface area contributed by atoms with Gasteiger partial charge in [0.1, 0.15) is 11.4 Å². The molecule has 36 heavy (non-hydrogen) atoms. The van der Waals surface area contributed by atoms with E-state index in [1.54, 1.807) is 97.3 Å². The lowest BCUT2D eigenvalue weighted by Crippen LogP contribution is -1.96. The molecule has 2 aromatic carbocycles. The van der Waals surface area contributed by atoms with E-state index in [1.165, 1.54) is 12.2 Å². The number of aromatic nitrogens is 2. The molecule has 4 aromatic rings. The summed E-state index contributed by atoms with van der Waals surface area (Å²) in [5.74, 6) is -0.309. The van der Waals surface area contributed by atoms with E-state index in [0.29, 0.717) is 22.5 Å². The van der Waals surface area contributed by atoms with Crippen molar-refractivity contribution in [2.24, 2.45) is 0 Å². The van der Waals surface area contributed by atoms with Crippen LogP contribution in [0.4, 0.5) is 0 Å². The summed E-state index contributed by atoms with van der Waals surface area (Å²) in [6, 6.07) is 28.6. The highest BCUT2D eigenvalue weighted by Crippen LogP contribution is 2.08. The second-order valence-corrected chi connectivity index (χ2v) is 7.30. The van der Waals surface area contributed by atoms with Crippen LogP contribution in [0.15, 0.2) is 109 Å². The summed E-state index contributed by atoms with van der Waals surface area (Å²) < 4.78 is 0. The van der Waals surface area contributed by atoms with Gasteiger partial charge in [-0.25, -0.2) is 0 Å². The molecular formula is C30H20N4O2. The maximum atomic E-state index is 11.8. The van der Waals surface area contributed by atoms with Crippen LogP contribution in [0.5, 0.6) is 0 Å². The first-order valence-corrected chi connectivity index (χ1v) is 10.9. The van der Waals surface area contributed by atoms with E-state index in [1.807, 2.05) is 12.1 Å². The third-order valence-corrected chi connectivity index (χ3v) is 4.72. The second-order valence-electron chi connectivity index (χ2n) is 7.30. The number of carbonyl (C=O) groups is 2. The highest BCUT2D eigenvalue weighted by atomic mass is 16.1. The maximum Gasteiger partial charge on any atom is 0.204 e. The van der Waals surface area contributed by atoms with Gasteiger partial charge in [-0.05, 0) is 71.8 Å². The number of hydrogen-bond donors (Lipinski definition) is 0. The van der Waals surface area contributed by atoms with Crippen molar-refractivity contribution in [3.8, 4) is 12.1 Å². The van der Waals surface area contributed by atoms with Gasteiger partial charge in [-0.15, -0.1) is 0 Å². The number of ketones is 2. The fourth-order valence-electron chi connectivity index (χ4n) is 2.96. The fourth-order valence-corrected chi connectivity index (χ4v) is 2.96. The minimum Gasteiger partial charge on any atom is -0.288 e. The van der Waals surface area contributed by atoms with Crippen molar-refractivity contribution >= 4 is 23.7 Å². The molecule has 172 valence electrons. The highest BCUT2D eigenvalue weighted by Gasteiger charge is 2.02. The molecule has 2 aromatic heterocycles. The summed E-state index contributed by atoms with van der Waals surface area (Å²) >= 11 is 0. The molecule has 0 bridgehead atoms. The molecule has 0 atom stereocenters. The predicted molar refractivity (Wildman–Crippen MR) is 138 cm³/mol. The Kier molecular flexibility index (Phi) is 9.30. The van der Waals surface area contributed by atoms with Crippen LogP contribution in [-0.4, -0.2) is 21.5 Å². The first-order chi connectivity index (χ1) is 17.6. The van der Waals surface area contributed by atoms with Crippen molar-refractivity contribution in [1.82, 2.24) is 9.97 Å². The largest absolute Gasteiger partial charge is 0.288 e. The first-order valence-electron chi connectivity index (χ1n) is 10.9. The smallest absolute Gasteiger partial charge is 0.204 e. The third-order valence-electron chi connectivity index (χ3n) is 4.72. The Morgan fingerprint density at radius 2 is 1.06 bits per heavy atom. The third kappa shape index (κ3) is 7.84. The maximum absolute atomic E-state index is 11.8. The van der Waals surface area contributed by atoms with Gasteiger partial charge in [0.15, 0.2) is 0 Å². The van der Waals surface area contributed by atoms with E-state index >= 15 is 0 Å². The number of hydrogen-bond acceptors (Lipinski definition) is 6. The lowest BCUT2D eigenvalue weighted by atomic mass is 10.1. The summed E-state index contributed by atoms with van der Waals surface area (Å²) in [7, 11) is 0. The van der Waals surface area contributed by atoms with Gasteiger partial charge in [-0.1, -0.05) is 48.6 Å². The zero-order valence-electron chi connectivity index (χ0n) is 19.2. The lowest BCUT2D eigenvalue weighted by molar-refractivity contribution is 0.103. The number of rotatable bonds is 6. The second kappa shape index (κ2) is 13.3. The molecule has 0 aliphatic carbocycles. The van der Waals surface area contributed by atoms with Crippen LogP contribution < -0.4 is 0 Å². The van der Waals surface area contributed by atoms with Crippen molar-refractivity contribution in [2.75, 3.05) is 0 Å². The van der Waals surface area contributed by atoms with Gasteiger partial charge in [0.25, 0.3) is 0 Å². The zero-order chi connectivity index (χ0) is 25.6. The predicted octanol–water partition coefficient (Wildman–Crippen LogP) is 5.70. The Bertz CT molecular complexity index is 1360. The normalized spacial score (nSPS) is 10.2. The van der Waals surface area contributed by atoms with Crippen LogP contribution in [0.3, 0.4) is 0 Å². The Hall–Kier alpha value is -5.46. The Balaban J connectivity index is 0.000000201. The summed E-state index contributed by atoms with van der Waals surface area (Å²) in [6.45, 7) is 0. The van der Waals surface area contributed by atoms with Crippen molar-refractivity contribution in [3.05, 3.63) is 143 Å². The van der Waals surface area contributed by atoms with E-state index < -0.39 is 0 Å². The Morgan fingerprint density at radius 3 is 1.42 bits per heavy atom.